The highest BCUT2D eigenvalue weighted by Gasteiger charge is 2.64. The van der Waals surface area contributed by atoms with Crippen LogP contribution < -0.4 is 0 Å². The number of aliphatic hydroxyl groups is 1. The molecule has 0 amide bonds. The summed E-state index contributed by atoms with van der Waals surface area (Å²) in [6.45, 7) is 12.5. The van der Waals surface area contributed by atoms with E-state index in [1.54, 1.807) is 13.0 Å². The highest BCUT2D eigenvalue weighted by atomic mass is 16.7. The van der Waals surface area contributed by atoms with Crippen molar-refractivity contribution in [2.24, 2.45) is 17.3 Å². The minimum atomic E-state index is -0.718. The summed E-state index contributed by atoms with van der Waals surface area (Å²) in [4.78, 5) is 11.9. The van der Waals surface area contributed by atoms with Crippen molar-refractivity contribution >= 4 is 5.97 Å². The molecule has 4 heteroatoms. The van der Waals surface area contributed by atoms with Crippen molar-refractivity contribution in [2.45, 2.75) is 71.2 Å². The lowest BCUT2D eigenvalue weighted by atomic mass is 9.52. The smallest absolute Gasteiger partial charge is 0.333 e. The monoisotopic (exact) mass is 334 g/mol. The van der Waals surface area contributed by atoms with Gasteiger partial charge in [0, 0.05) is 5.57 Å². The van der Waals surface area contributed by atoms with Crippen LogP contribution >= 0.6 is 0 Å². The molecule has 0 aromatic heterocycles. The van der Waals surface area contributed by atoms with E-state index in [-0.39, 0.29) is 24.1 Å². The SMILES string of the molecule is C=C1CC[C@@H]2O[C@]2(COC(=O)/C(C)=C\C)[C@@H](O)C[C@@H]2[C@@H]1CC2(C)C. The van der Waals surface area contributed by atoms with E-state index in [0.717, 1.165) is 19.3 Å². The molecular weight excluding hydrogens is 304 g/mol. The van der Waals surface area contributed by atoms with Gasteiger partial charge < -0.3 is 14.6 Å². The van der Waals surface area contributed by atoms with Crippen molar-refractivity contribution < 1.29 is 19.4 Å². The molecule has 134 valence electrons. The summed E-state index contributed by atoms with van der Waals surface area (Å²) in [6, 6.07) is 0. The van der Waals surface area contributed by atoms with Gasteiger partial charge in [-0.05, 0) is 56.8 Å². The normalized spacial score (nSPS) is 41.0. The van der Waals surface area contributed by atoms with Crippen LogP contribution in [0, 0.1) is 17.3 Å². The Morgan fingerprint density at radius 3 is 2.83 bits per heavy atom. The van der Waals surface area contributed by atoms with Gasteiger partial charge in [-0.15, -0.1) is 0 Å². The number of aliphatic hydroxyl groups excluding tert-OH is 1. The van der Waals surface area contributed by atoms with Crippen LogP contribution in [0.3, 0.4) is 0 Å². The third kappa shape index (κ3) is 2.84. The fourth-order valence-electron chi connectivity index (χ4n) is 4.56. The van der Waals surface area contributed by atoms with Gasteiger partial charge in [-0.25, -0.2) is 4.79 Å². The van der Waals surface area contributed by atoms with E-state index in [1.807, 2.05) is 6.92 Å². The number of ether oxygens (including phenoxy) is 2. The Morgan fingerprint density at radius 2 is 2.21 bits per heavy atom. The molecule has 0 unspecified atom stereocenters. The Bertz CT molecular complexity index is 576. The zero-order valence-electron chi connectivity index (χ0n) is 15.3. The molecule has 3 fully saturated rings. The van der Waals surface area contributed by atoms with E-state index >= 15 is 0 Å². The second-order valence-electron chi connectivity index (χ2n) is 8.46. The molecule has 0 aromatic rings. The van der Waals surface area contributed by atoms with Gasteiger partial charge in [-0.1, -0.05) is 32.1 Å². The average molecular weight is 334 g/mol. The Hall–Kier alpha value is -1.13. The molecule has 2 saturated carbocycles. The fraction of sp³-hybridized carbons (Fsp3) is 0.750. The number of epoxide rings is 1. The van der Waals surface area contributed by atoms with Gasteiger partial charge in [0.15, 0.2) is 5.60 Å². The molecule has 3 rings (SSSR count). The van der Waals surface area contributed by atoms with Crippen LogP contribution in [0.1, 0.15) is 53.4 Å². The Balaban J connectivity index is 1.73. The third-order valence-corrected chi connectivity index (χ3v) is 6.56. The molecule has 0 aromatic carbocycles. The highest BCUT2D eigenvalue weighted by Crippen LogP contribution is 2.59. The van der Waals surface area contributed by atoms with Gasteiger partial charge in [0.1, 0.15) is 6.61 Å². The molecule has 5 atom stereocenters. The van der Waals surface area contributed by atoms with Gasteiger partial charge in [0.25, 0.3) is 0 Å². The summed E-state index contributed by atoms with van der Waals surface area (Å²) in [7, 11) is 0. The number of hydrogen-bond donors (Lipinski definition) is 1. The maximum atomic E-state index is 11.9. The number of fused-ring (bicyclic) bond motifs is 2. The van der Waals surface area contributed by atoms with Crippen molar-refractivity contribution in [1.29, 1.82) is 0 Å². The van der Waals surface area contributed by atoms with Crippen LogP contribution in [0.4, 0.5) is 0 Å². The third-order valence-electron chi connectivity index (χ3n) is 6.56. The first-order valence-electron chi connectivity index (χ1n) is 9.05. The average Bonchev–Trinajstić information content (AvgIpc) is 3.26. The maximum Gasteiger partial charge on any atom is 0.333 e. The van der Waals surface area contributed by atoms with Crippen LogP contribution in [0.2, 0.25) is 0 Å². The van der Waals surface area contributed by atoms with Crippen molar-refractivity contribution in [3.63, 3.8) is 0 Å². The van der Waals surface area contributed by atoms with Crippen LogP contribution in [0.5, 0.6) is 0 Å². The van der Waals surface area contributed by atoms with Crippen molar-refractivity contribution in [3.05, 3.63) is 23.8 Å². The molecule has 3 aliphatic rings. The number of rotatable bonds is 3. The number of allylic oxidation sites excluding steroid dienone is 2. The largest absolute Gasteiger partial charge is 0.459 e. The lowest BCUT2D eigenvalue weighted by molar-refractivity contribution is -0.143. The van der Waals surface area contributed by atoms with Crippen LogP contribution in [-0.2, 0) is 14.3 Å². The van der Waals surface area contributed by atoms with Gasteiger partial charge >= 0.3 is 5.97 Å². The zero-order valence-corrected chi connectivity index (χ0v) is 15.3. The van der Waals surface area contributed by atoms with Gasteiger partial charge in [-0.3, -0.25) is 0 Å². The number of esters is 1. The number of carbonyl (C=O) groups excluding carboxylic acids is 1. The first kappa shape index (κ1) is 17.7. The van der Waals surface area contributed by atoms with Gasteiger partial charge in [0.05, 0.1) is 12.2 Å². The van der Waals surface area contributed by atoms with Crippen molar-refractivity contribution in [3.8, 4) is 0 Å². The molecule has 1 saturated heterocycles. The van der Waals surface area contributed by atoms with E-state index in [4.69, 9.17) is 9.47 Å². The van der Waals surface area contributed by atoms with Crippen molar-refractivity contribution in [2.75, 3.05) is 6.61 Å². The summed E-state index contributed by atoms with van der Waals surface area (Å²) in [6.07, 6.45) is 4.71. The predicted molar refractivity (Wildman–Crippen MR) is 92.4 cm³/mol. The Morgan fingerprint density at radius 1 is 1.50 bits per heavy atom. The van der Waals surface area contributed by atoms with Crippen LogP contribution in [0.15, 0.2) is 23.8 Å². The fourth-order valence-corrected chi connectivity index (χ4v) is 4.56. The molecule has 1 aliphatic heterocycles. The Labute approximate surface area is 144 Å². The molecule has 2 aliphatic carbocycles. The second-order valence-corrected chi connectivity index (χ2v) is 8.46. The van der Waals surface area contributed by atoms with E-state index < -0.39 is 11.7 Å². The Kier molecular flexibility index (Phi) is 4.42. The maximum absolute atomic E-state index is 11.9. The van der Waals surface area contributed by atoms with Crippen molar-refractivity contribution in [1.82, 2.24) is 0 Å². The minimum Gasteiger partial charge on any atom is -0.459 e. The molecule has 1 heterocycles. The standard InChI is InChI=1S/C20H30O4/c1-6-12(2)18(22)23-11-20-16(21)9-15-14(10-19(15,4)5)13(3)7-8-17(20)24-20/h6,14-17,21H,3,7-11H2,1-2,4-5H3/b12-6-/t14-,15-,16+,17+,20-/m1/s1. The van der Waals surface area contributed by atoms with E-state index in [2.05, 4.69) is 20.4 Å². The van der Waals surface area contributed by atoms with Gasteiger partial charge in [-0.2, -0.15) is 0 Å². The summed E-state index contributed by atoms with van der Waals surface area (Å²) >= 11 is 0. The van der Waals surface area contributed by atoms with Crippen LogP contribution in [-0.4, -0.2) is 35.5 Å². The molecule has 0 spiro atoms. The predicted octanol–water partition coefficient (Wildman–Crippen LogP) is 3.40. The summed E-state index contributed by atoms with van der Waals surface area (Å²) in [5.41, 5.74) is 1.38. The first-order chi connectivity index (χ1) is 11.2. The second kappa shape index (κ2) is 5.99. The van der Waals surface area contributed by atoms with E-state index in [0.29, 0.717) is 23.8 Å². The summed E-state index contributed by atoms with van der Waals surface area (Å²) in [5.74, 6) is 0.601. The van der Waals surface area contributed by atoms with Gasteiger partial charge in [0.2, 0.25) is 0 Å². The van der Waals surface area contributed by atoms with E-state index in [1.165, 1.54) is 5.57 Å². The molecule has 1 N–H and O–H groups in total. The quantitative estimate of drug-likeness (QED) is 0.372. The number of hydrogen-bond acceptors (Lipinski definition) is 4. The van der Waals surface area contributed by atoms with E-state index in [9.17, 15) is 9.90 Å². The zero-order chi connectivity index (χ0) is 17.7. The minimum absolute atomic E-state index is 0.0384. The molecule has 0 radical (unpaired) electrons. The highest BCUT2D eigenvalue weighted by molar-refractivity contribution is 5.87. The summed E-state index contributed by atoms with van der Waals surface area (Å²) in [5, 5.41) is 10.9. The molecular formula is C20H30O4. The van der Waals surface area contributed by atoms with Crippen LogP contribution in [0.25, 0.3) is 0 Å². The number of carbonyl (C=O) groups is 1. The lowest BCUT2D eigenvalue weighted by Crippen LogP contribution is -2.48. The lowest BCUT2D eigenvalue weighted by Gasteiger charge is -2.53. The first-order valence-corrected chi connectivity index (χ1v) is 9.05. The molecule has 24 heavy (non-hydrogen) atoms. The topological polar surface area (TPSA) is 59.1 Å². The molecule has 0 bridgehead atoms. The molecule has 4 nitrogen and oxygen atoms in total. The summed E-state index contributed by atoms with van der Waals surface area (Å²) < 4.78 is 11.3.